The SMILES string of the molecule is O=S1(=O)CCN(Cc2cnc(-c3ccccc3)o2)[C@@H]2CCOC[C@H]21. The highest BCUT2D eigenvalue weighted by Crippen LogP contribution is 2.28. The van der Waals surface area contributed by atoms with E-state index in [1.165, 1.54) is 0 Å². The quantitative estimate of drug-likeness (QED) is 0.841. The lowest BCUT2D eigenvalue weighted by Gasteiger charge is -2.42. The molecule has 24 heavy (non-hydrogen) atoms. The van der Waals surface area contributed by atoms with Crippen molar-refractivity contribution in [2.45, 2.75) is 24.3 Å². The van der Waals surface area contributed by atoms with E-state index in [1.807, 2.05) is 30.3 Å². The maximum absolute atomic E-state index is 12.3. The Morgan fingerprint density at radius 3 is 2.92 bits per heavy atom. The molecule has 2 atom stereocenters. The Hall–Kier alpha value is -1.70. The molecule has 0 saturated carbocycles. The van der Waals surface area contributed by atoms with Crippen LogP contribution in [-0.2, 0) is 21.1 Å². The van der Waals surface area contributed by atoms with Gasteiger partial charge in [0.2, 0.25) is 5.89 Å². The van der Waals surface area contributed by atoms with E-state index in [1.54, 1.807) is 6.20 Å². The first-order valence-corrected chi connectivity index (χ1v) is 9.88. The van der Waals surface area contributed by atoms with Crippen molar-refractivity contribution in [3.8, 4) is 11.5 Å². The van der Waals surface area contributed by atoms with Gasteiger partial charge < -0.3 is 9.15 Å². The van der Waals surface area contributed by atoms with Crippen LogP contribution in [0.4, 0.5) is 0 Å². The van der Waals surface area contributed by atoms with Crippen molar-refractivity contribution < 1.29 is 17.6 Å². The van der Waals surface area contributed by atoms with Gasteiger partial charge in [-0.05, 0) is 18.6 Å². The van der Waals surface area contributed by atoms with Crippen LogP contribution < -0.4 is 0 Å². The van der Waals surface area contributed by atoms with Crippen molar-refractivity contribution in [3.05, 3.63) is 42.3 Å². The van der Waals surface area contributed by atoms with Crippen LogP contribution in [-0.4, -0.2) is 55.1 Å². The lowest BCUT2D eigenvalue weighted by atomic mass is 10.1. The molecular formula is C17H20N2O4S. The number of oxazole rings is 1. The fourth-order valence-corrected chi connectivity index (χ4v) is 5.40. The summed E-state index contributed by atoms with van der Waals surface area (Å²) in [5.74, 6) is 1.54. The second-order valence-electron chi connectivity index (χ2n) is 6.30. The predicted molar refractivity (Wildman–Crippen MR) is 89.1 cm³/mol. The van der Waals surface area contributed by atoms with Crippen molar-refractivity contribution in [2.75, 3.05) is 25.5 Å². The molecule has 2 saturated heterocycles. The van der Waals surface area contributed by atoms with Crippen LogP contribution in [0, 0.1) is 0 Å². The molecule has 7 heteroatoms. The van der Waals surface area contributed by atoms with Gasteiger partial charge in [0.25, 0.3) is 0 Å². The molecule has 4 rings (SSSR count). The highest BCUT2D eigenvalue weighted by atomic mass is 32.2. The van der Waals surface area contributed by atoms with Gasteiger partial charge in [-0.25, -0.2) is 13.4 Å². The second-order valence-corrected chi connectivity index (χ2v) is 8.64. The third-order valence-corrected chi connectivity index (χ3v) is 6.92. The third-order valence-electron chi connectivity index (χ3n) is 4.80. The van der Waals surface area contributed by atoms with Crippen LogP contribution in [0.15, 0.2) is 40.9 Å². The van der Waals surface area contributed by atoms with Gasteiger partial charge in [-0.3, -0.25) is 4.90 Å². The lowest BCUT2D eigenvalue weighted by Crippen LogP contribution is -2.58. The Kier molecular flexibility index (Phi) is 4.15. The number of benzene rings is 1. The van der Waals surface area contributed by atoms with Crippen LogP contribution >= 0.6 is 0 Å². The topological polar surface area (TPSA) is 72.6 Å². The first-order chi connectivity index (χ1) is 11.6. The summed E-state index contributed by atoms with van der Waals surface area (Å²) in [6, 6.07) is 9.76. The molecule has 0 bridgehead atoms. The second kappa shape index (κ2) is 6.31. The molecule has 2 fully saturated rings. The van der Waals surface area contributed by atoms with E-state index in [0.29, 0.717) is 32.2 Å². The van der Waals surface area contributed by atoms with E-state index < -0.39 is 15.1 Å². The molecule has 1 aromatic heterocycles. The van der Waals surface area contributed by atoms with Crippen LogP contribution in [0.5, 0.6) is 0 Å². The van der Waals surface area contributed by atoms with Crippen LogP contribution in [0.3, 0.4) is 0 Å². The van der Waals surface area contributed by atoms with E-state index in [-0.39, 0.29) is 11.8 Å². The van der Waals surface area contributed by atoms with E-state index in [0.717, 1.165) is 17.7 Å². The summed E-state index contributed by atoms with van der Waals surface area (Å²) in [5, 5.41) is -0.420. The average Bonchev–Trinajstić information content (AvgIpc) is 3.07. The first kappa shape index (κ1) is 15.8. The predicted octanol–water partition coefficient (Wildman–Crippen LogP) is 1.73. The fraction of sp³-hybridized carbons (Fsp3) is 0.471. The van der Waals surface area contributed by atoms with Crippen molar-refractivity contribution in [1.29, 1.82) is 0 Å². The minimum atomic E-state index is -3.06. The average molecular weight is 348 g/mol. The van der Waals surface area contributed by atoms with Gasteiger partial charge >= 0.3 is 0 Å². The largest absolute Gasteiger partial charge is 0.440 e. The zero-order valence-electron chi connectivity index (χ0n) is 13.3. The van der Waals surface area contributed by atoms with Crippen LogP contribution in [0.2, 0.25) is 0 Å². The Morgan fingerprint density at radius 1 is 1.25 bits per heavy atom. The van der Waals surface area contributed by atoms with E-state index in [2.05, 4.69) is 9.88 Å². The molecule has 2 aliphatic heterocycles. The number of fused-ring (bicyclic) bond motifs is 1. The number of hydrogen-bond acceptors (Lipinski definition) is 6. The number of nitrogens with zero attached hydrogens (tertiary/aromatic N) is 2. The Morgan fingerprint density at radius 2 is 2.08 bits per heavy atom. The molecule has 2 aliphatic rings. The van der Waals surface area contributed by atoms with Crippen molar-refractivity contribution in [2.24, 2.45) is 0 Å². The monoisotopic (exact) mass is 348 g/mol. The highest BCUT2D eigenvalue weighted by molar-refractivity contribution is 7.92. The Bertz CT molecular complexity index is 803. The van der Waals surface area contributed by atoms with Crippen LogP contribution in [0.25, 0.3) is 11.5 Å². The molecule has 1 aromatic carbocycles. The Balaban J connectivity index is 1.52. The van der Waals surface area contributed by atoms with Gasteiger partial charge in [-0.2, -0.15) is 0 Å². The standard InChI is InChI=1S/C17H20N2O4S/c20-24(21)9-7-19(15-6-8-22-12-16(15)24)11-14-10-18-17(23-14)13-4-2-1-3-5-13/h1-5,10,15-16H,6-9,11-12H2/t15-,16-/m1/s1. The summed E-state index contributed by atoms with van der Waals surface area (Å²) in [5.41, 5.74) is 0.939. The van der Waals surface area contributed by atoms with Gasteiger partial charge in [0.15, 0.2) is 9.84 Å². The van der Waals surface area contributed by atoms with Crippen molar-refractivity contribution in [3.63, 3.8) is 0 Å². The van der Waals surface area contributed by atoms with E-state index in [4.69, 9.17) is 9.15 Å². The van der Waals surface area contributed by atoms with Gasteiger partial charge in [-0.15, -0.1) is 0 Å². The molecule has 0 amide bonds. The number of rotatable bonds is 3. The molecule has 2 aromatic rings. The zero-order chi connectivity index (χ0) is 16.6. The molecule has 0 aliphatic carbocycles. The van der Waals surface area contributed by atoms with Crippen LogP contribution in [0.1, 0.15) is 12.2 Å². The molecule has 3 heterocycles. The minimum absolute atomic E-state index is 0.00257. The highest BCUT2D eigenvalue weighted by Gasteiger charge is 2.43. The van der Waals surface area contributed by atoms with Gasteiger partial charge in [-0.1, -0.05) is 18.2 Å². The number of sulfone groups is 1. The normalized spacial score (nSPS) is 26.8. The smallest absolute Gasteiger partial charge is 0.226 e. The minimum Gasteiger partial charge on any atom is -0.440 e. The van der Waals surface area contributed by atoms with Gasteiger partial charge in [0.05, 0.1) is 25.1 Å². The maximum Gasteiger partial charge on any atom is 0.226 e. The molecular weight excluding hydrogens is 328 g/mol. The molecule has 128 valence electrons. The van der Waals surface area contributed by atoms with Gasteiger partial charge in [0.1, 0.15) is 11.0 Å². The zero-order valence-corrected chi connectivity index (χ0v) is 14.1. The summed E-state index contributed by atoms with van der Waals surface area (Å²) in [7, 11) is -3.06. The fourth-order valence-electron chi connectivity index (χ4n) is 3.51. The maximum atomic E-state index is 12.3. The van der Waals surface area contributed by atoms with E-state index in [9.17, 15) is 8.42 Å². The Labute approximate surface area is 141 Å². The molecule has 0 unspecified atom stereocenters. The molecule has 6 nitrogen and oxygen atoms in total. The number of aromatic nitrogens is 1. The molecule has 0 spiro atoms. The summed E-state index contributed by atoms with van der Waals surface area (Å²) >= 11 is 0. The number of hydrogen-bond donors (Lipinski definition) is 0. The molecule has 0 radical (unpaired) electrons. The van der Waals surface area contributed by atoms with E-state index >= 15 is 0 Å². The third kappa shape index (κ3) is 2.99. The summed E-state index contributed by atoms with van der Waals surface area (Å²) in [6.45, 7) is 2.02. The summed E-state index contributed by atoms with van der Waals surface area (Å²) in [4.78, 5) is 6.55. The first-order valence-electron chi connectivity index (χ1n) is 8.17. The lowest BCUT2D eigenvalue weighted by molar-refractivity contribution is 0.0291. The van der Waals surface area contributed by atoms with Crippen molar-refractivity contribution in [1.82, 2.24) is 9.88 Å². The van der Waals surface area contributed by atoms with Crippen molar-refractivity contribution >= 4 is 9.84 Å². The molecule has 0 N–H and O–H groups in total. The van der Waals surface area contributed by atoms with Gasteiger partial charge in [0, 0.05) is 24.8 Å². The number of ether oxygens (including phenoxy) is 1. The summed E-state index contributed by atoms with van der Waals surface area (Å²) in [6.07, 6.45) is 2.48. The summed E-state index contributed by atoms with van der Waals surface area (Å²) < 4.78 is 35.8.